The third kappa shape index (κ3) is 5.31. The molecule has 0 heterocycles. The highest BCUT2D eigenvalue weighted by molar-refractivity contribution is 5.77. The first-order chi connectivity index (χ1) is 8.63. The van der Waals surface area contributed by atoms with Gasteiger partial charge in [0, 0.05) is 12.5 Å². The number of hydrogen-bond donors (Lipinski definition) is 3. The van der Waals surface area contributed by atoms with Crippen LogP contribution >= 0.6 is 0 Å². The molecule has 0 bridgehead atoms. The van der Waals surface area contributed by atoms with Crippen molar-refractivity contribution in [3.05, 3.63) is 12.2 Å². The molecule has 4 N–H and O–H groups in total. The molecule has 0 spiro atoms. The second kappa shape index (κ2) is 7.87. The van der Waals surface area contributed by atoms with Gasteiger partial charge in [-0.1, -0.05) is 25.0 Å². The molecule has 0 aromatic heterocycles. The van der Waals surface area contributed by atoms with Crippen LogP contribution in [0.1, 0.15) is 38.5 Å². The Hall–Kier alpha value is -1.36. The van der Waals surface area contributed by atoms with Crippen molar-refractivity contribution in [3.8, 4) is 0 Å². The predicted octanol–water partition coefficient (Wildman–Crippen LogP) is 1.04. The molecule has 0 radical (unpaired) electrons. The van der Waals surface area contributed by atoms with E-state index in [-0.39, 0.29) is 11.9 Å². The van der Waals surface area contributed by atoms with Crippen LogP contribution in [0.25, 0.3) is 0 Å². The number of carbonyl (C=O) groups excluding carboxylic acids is 1. The number of nitrogens with one attached hydrogen (secondary N) is 1. The summed E-state index contributed by atoms with van der Waals surface area (Å²) in [5.41, 5.74) is 5.38. The standard InChI is InChI=1S/C13H22N2O3/c14-8-4-2-1-3-5-12(16)15-11-7-6-10(9-11)13(17)18/h6-7,10-11H,1-5,8-9,14H2,(H,15,16)(H,17,18). The van der Waals surface area contributed by atoms with Crippen molar-refractivity contribution in [2.24, 2.45) is 11.7 Å². The number of rotatable bonds is 8. The normalized spacial score (nSPS) is 22.1. The van der Waals surface area contributed by atoms with E-state index in [4.69, 9.17) is 10.8 Å². The summed E-state index contributed by atoms with van der Waals surface area (Å²) in [5, 5.41) is 11.7. The minimum atomic E-state index is -0.829. The Bertz CT molecular complexity index is 315. The van der Waals surface area contributed by atoms with Crippen LogP contribution in [-0.2, 0) is 9.59 Å². The van der Waals surface area contributed by atoms with Gasteiger partial charge in [-0.3, -0.25) is 9.59 Å². The molecule has 2 atom stereocenters. The summed E-state index contributed by atoms with van der Waals surface area (Å²) < 4.78 is 0. The predicted molar refractivity (Wildman–Crippen MR) is 69.0 cm³/mol. The quantitative estimate of drug-likeness (QED) is 0.446. The van der Waals surface area contributed by atoms with Gasteiger partial charge in [0.15, 0.2) is 0 Å². The van der Waals surface area contributed by atoms with Gasteiger partial charge in [-0.2, -0.15) is 0 Å². The number of carboxylic acid groups (broad SMARTS) is 1. The maximum absolute atomic E-state index is 11.6. The highest BCUT2D eigenvalue weighted by Gasteiger charge is 2.24. The van der Waals surface area contributed by atoms with Gasteiger partial charge in [-0.15, -0.1) is 0 Å². The Morgan fingerprint density at radius 2 is 1.94 bits per heavy atom. The van der Waals surface area contributed by atoms with Gasteiger partial charge in [-0.25, -0.2) is 0 Å². The van der Waals surface area contributed by atoms with E-state index in [1.165, 1.54) is 0 Å². The van der Waals surface area contributed by atoms with Crippen molar-refractivity contribution in [2.75, 3.05) is 6.54 Å². The fraction of sp³-hybridized carbons (Fsp3) is 0.692. The summed E-state index contributed by atoms with van der Waals surface area (Å²) in [6.45, 7) is 0.704. The lowest BCUT2D eigenvalue weighted by atomic mass is 10.1. The fourth-order valence-corrected chi connectivity index (χ4v) is 2.05. The summed E-state index contributed by atoms with van der Waals surface area (Å²) in [7, 11) is 0. The monoisotopic (exact) mass is 254 g/mol. The molecule has 2 unspecified atom stereocenters. The van der Waals surface area contributed by atoms with Crippen molar-refractivity contribution in [1.29, 1.82) is 0 Å². The first-order valence-corrected chi connectivity index (χ1v) is 6.54. The zero-order valence-electron chi connectivity index (χ0n) is 10.6. The molecule has 0 saturated carbocycles. The van der Waals surface area contributed by atoms with Crippen molar-refractivity contribution < 1.29 is 14.7 Å². The zero-order chi connectivity index (χ0) is 13.4. The lowest BCUT2D eigenvalue weighted by Crippen LogP contribution is -2.33. The van der Waals surface area contributed by atoms with Crippen LogP contribution in [0, 0.1) is 5.92 Å². The van der Waals surface area contributed by atoms with E-state index in [1.54, 1.807) is 12.2 Å². The third-order valence-corrected chi connectivity index (χ3v) is 3.11. The van der Waals surface area contributed by atoms with Crippen LogP contribution in [0.5, 0.6) is 0 Å². The van der Waals surface area contributed by atoms with Crippen LogP contribution in [0.4, 0.5) is 0 Å². The average Bonchev–Trinajstić information content (AvgIpc) is 2.77. The maximum atomic E-state index is 11.6. The van der Waals surface area contributed by atoms with E-state index in [1.807, 2.05) is 0 Å². The summed E-state index contributed by atoms with van der Waals surface area (Å²) >= 11 is 0. The molecule has 5 nitrogen and oxygen atoms in total. The molecule has 0 aliphatic heterocycles. The summed E-state index contributed by atoms with van der Waals surface area (Å²) in [5.74, 6) is -1.28. The SMILES string of the molecule is NCCCCCCC(=O)NC1C=CC(C(=O)O)C1. The lowest BCUT2D eigenvalue weighted by molar-refractivity contribution is -0.140. The molecular formula is C13H22N2O3. The molecule has 5 heteroatoms. The van der Waals surface area contributed by atoms with Crippen molar-refractivity contribution in [2.45, 2.75) is 44.6 Å². The fourth-order valence-electron chi connectivity index (χ4n) is 2.05. The Morgan fingerprint density at radius 1 is 1.22 bits per heavy atom. The molecule has 0 aromatic carbocycles. The molecule has 1 amide bonds. The van der Waals surface area contributed by atoms with Gasteiger partial charge in [0.05, 0.1) is 5.92 Å². The van der Waals surface area contributed by atoms with E-state index < -0.39 is 11.9 Å². The van der Waals surface area contributed by atoms with Gasteiger partial charge < -0.3 is 16.2 Å². The van der Waals surface area contributed by atoms with Gasteiger partial charge in [0.2, 0.25) is 5.91 Å². The molecule has 1 rings (SSSR count). The minimum absolute atomic E-state index is 0.00318. The second-order valence-electron chi connectivity index (χ2n) is 4.69. The molecule has 18 heavy (non-hydrogen) atoms. The molecule has 1 aliphatic rings. The molecule has 0 fully saturated rings. The number of aliphatic carboxylic acids is 1. The van der Waals surface area contributed by atoms with E-state index >= 15 is 0 Å². The average molecular weight is 254 g/mol. The number of unbranched alkanes of at least 4 members (excludes halogenated alkanes) is 3. The van der Waals surface area contributed by atoms with Crippen LogP contribution in [0.15, 0.2) is 12.2 Å². The molecule has 0 saturated heterocycles. The van der Waals surface area contributed by atoms with Crippen LogP contribution in [-0.4, -0.2) is 29.6 Å². The largest absolute Gasteiger partial charge is 0.481 e. The van der Waals surface area contributed by atoms with Crippen molar-refractivity contribution >= 4 is 11.9 Å². The second-order valence-corrected chi connectivity index (χ2v) is 4.69. The Kier molecular flexibility index (Phi) is 6.43. The summed E-state index contributed by atoms with van der Waals surface area (Å²) in [6.07, 6.45) is 8.34. The van der Waals surface area contributed by atoms with Gasteiger partial charge in [-0.05, 0) is 25.8 Å². The van der Waals surface area contributed by atoms with Crippen molar-refractivity contribution in [3.63, 3.8) is 0 Å². The highest BCUT2D eigenvalue weighted by Crippen LogP contribution is 2.18. The molecule has 1 aliphatic carbocycles. The number of carboxylic acids is 1. The van der Waals surface area contributed by atoms with E-state index in [0.717, 1.165) is 25.7 Å². The molecule has 102 valence electrons. The number of nitrogens with two attached hydrogens (primary N) is 1. The third-order valence-electron chi connectivity index (χ3n) is 3.11. The first-order valence-electron chi connectivity index (χ1n) is 6.54. The van der Waals surface area contributed by atoms with Crippen LogP contribution < -0.4 is 11.1 Å². The minimum Gasteiger partial charge on any atom is -0.481 e. The maximum Gasteiger partial charge on any atom is 0.310 e. The van der Waals surface area contributed by atoms with E-state index in [9.17, 15) is 9.59 Å². The highest BCUT2D eigenvalue weighted by atomic mass is 16.4. The summed E-state index contributed by atoms with van der Waals surface area (Å²) in [4.78, 5) is 22.3. The molecular weight excluding hydrogens is 232 g/mol. The smallest absolute Gasteiger partial charge is 0.310 e. The topological polar surface area (TPSA) is 92.4 Å². The Balaban J connectivity index is 2.10. The number of amides is 1. The Labute approximate surface area is 107 Å². The van der Waals surface area contributed by atoms with Gasteiger partial charge in [0.1, 0.15) is 0 Å². The van der Waals surface area contributed by atoms with E-state index in [2.05, 4.69) is 5.32 Å². The first kappa shape index (κ1) is 14.7. The van der Waals surface area contributed by atoms with Gasteiger partial charge in [0.25, 0.3) is 0 Å². The Morgan fingerprint density at radius 3 is 2.56 bits per heavy atom. The molecule has 0 aromatic rings. The summed E-state index contributed by atoms with van der Waals surface area (Å²) in [6, 6.07) is -0.123. The van der Waals surface area contributed by atoms with Gasteiger partial charge >= 0.3 is 5.97 Å². The zero-order valence-corrected chi connectivity index (χ0v) is 10.6. The van der Waals surface area contributed by atoms with Crippen LogP contribution in [0.2, 0.25) is 0 Å². The number of carbonyl (C=O) groups is 2. The van der Waals surface area contributed by atoms with Crippen molar-refractivity contribution in [1.82, 2.24) is 5.32 Å². The van der Waals surface area contributed by atoms with Crippen LogP contribution in [0.3, 0.4) is 0 Å². The van der Waals surface area contributed by atoms with E-state index in [0.29, 0.717) is 19.4 Å². The number of hydrogen-bond acceptors (Lipinski definition) is 3. The lowest BCUT2D eigenvalue weighted by Gasteiger charge is -2.11.